The fraction of sp³-hybridized carbons (Fsp3) is 0.455. The maximum Gasteiger partial charge on any atom is 0.0567 e. The van der Waals surface area contributed by atoms with Crippen LogP contribution in [-0.4, -0.2) is 18.2 Å². The van der Waals surface area contributed by atoms with Gasteiger partial charge in [0.2, 0.25) is 0 Å². The third-order valence-electron chi connectivity index (χ3n) is 2.46. The largest absolute Gasteiger partial charge is 0.396 e. The van der Waals surface area contributed by atoms with E-state index >= 15 is 0 Å². The Kier molecular flexibility index (Phi) is 1.47. The molecule has 1 saturated carbocycles. The number of aliphatic hydroxyl groups is 1. The molecule has 0 bridgehead atoms. The van der Waals surface area contributed by atoms with Crippen LogP contribution >= 0.6 is 15.9 Å². The molecule has 0 spiro atoms. The standard InChI is InChI=1S/C11H14BrNO/c12-10-3-1-8(2-4-10)11(7-13)5-9(11)6-14/h1-4,9,14H,5-7,13H2/t9-,11+/m0/s1/i5D2,6D2,9D. The Morgan fingerprint density at radius 3 is 2.79 bits per heavy atom. The van der Waals surface area contributed by atoms with Gasteiger partial charge in [0, 0.05) is 27.1 Å². The van der Waals surface area contributed by atoms with Gasteiger partial charge in [0.1, 0.15) is 0 Å². The molecule has 1 aliphatic rings. The number of halogens is 1. The molecule has 0 heterocycles. The first-order chi connectivity index (χ1) is 8.56. The molecule has 3 N–H and O–H groups in total. The summed E-state index contributed by atoms with van der Waals surface area (Å²) in [6, 6.07) is 6.54. The molecule has 2 nitrogen and oxygen atoms in total. The van der Waals surface area contributed by atoms with E-state index in [-0.39, 0.29) is 6.54 Å². The van der Waals surface area contributed by atoms with Crippen molar-refractivity contribution in [1.82, 2.24) is 0 Å². The van der Waals surface area contributed by atoms with Crippen LogP contribution in [0.2, 0.25) is 0 Å². The lowest BCUT2D eigenvalue weighted by molar-refractivity contribution is 0.264. The Morgan fingerprint density at radius 2 is 2.36 bits per heavy atom. The minimum absolute atomic E-state index is 0.259. The Morgan fingerprint density at radius 1 is 1.71 bits per heavy atom. The van der Waals surface area contributed by atoms with E-state index in [9.17, 15) is 5.11 Å². The third kappa shape index (κ3) is 1.49. The van der Waals surface area contributed by atoms with Crippen molar-refractivity contribution in [2.24, 2.45) is 11.6 Å². The van der Waals surface area contributed by atoms with Crippen molar-refractivity contribution in [2.75, 3.05) is 13.1 Å². The summed E-state index contributed by atoms with van der Waals surface area (Å²) in [5, 5.41) is 9.58. The van der Waals surface area contributed by atoms with Gasteiger partial charge >= 0.3 is 0 Å². The highest BCUT2D eigenvalue weighted by Gasteiger charge is 2.53. The average Bonchev–Trinajstić information content (AvgIpc) is 2.71. The molecule has 0 amide bonds. The van der Waals surface area contributed by atoms with Crippen molar-refractivity contribution in [1.29, 1.82) is 0 Å². The predicted molar refractivity (Wildman–Crippen MR) is 60.1 cm³/mol. The maximum absolute atomic E-state index is 9.58. The van der Waals surface area contributed by atoms with Crippen molar-refractivity contribution in [3.8, 4) is 0 Å². The zero-order valence-corrected chi connectivity index (χ0v) is 9.01. The van der Waals surface area contributed by atoms with E-state index in [0.717, 1.165) is 4.47 Å². The molecule has 1 aromatic carbocycles. The van der Waals surface area contributed by atoms with Crippen molar-refractivity contribution in [3.63, 3.8) is 0 Å². The van der Waals surface area contributed by atoms with Crippen LogP contribution in [0.5, 0.6) is 0 Å². The second-order valence-electron chi connectivity index (χ2n) is 3.23. The summed E-state index contributed by atoms with van der Waals surface area (Å²) >= 11 is 3.26. The monoisotopic (exact) mass is 260 g/mol. The summed E-state index contributed by atoms with van der Waals surface area (Å²) in [6.45, 7) is -3.24. The topological polar surface area (TPSA) is 46.2 Å². The van der Waals surface area contributed by atoms with Crippen LogP contribution in [-0.2, 0) is 5.41 Å². The highest BCUT2D eigenvalue weighted by atomic mass is 79.9. The fourth-order valence-corrected chi connectivity index (χ4v) is 1.79. The maximum atomic E-state index is 9.58. The number of nitrogens with two attached hydrogens (primary N) is 1. The van der Waals surface area contributed by atoms with Crippen molar-refractivity contribution >= 4 is 15.9 Å². The molecule has 1 aliphatic carbocycles. The van der Waals surface area contributed by atoms with Gasteiger partial charge in [-0.3, -0.25) is 0 Å². The Labute approximate surface area is 99.3 Å². The van der Waals surface area contributed by atoms with E-state index in [1.165, 1.54) is 0 Å². The molecular formula is C11H14BrNO. The number of hydrogen-bond acceptors (Lipinski definition) is 2. The second kappa shape index (κ2) is 3.65. The number of rotatable bonds is 3. The molecule has 3 heteroatoms. The highest BCUT2D eigenvalue weighted by Crippen LogP contribution is 2.53. The quantitative estimate of drug-likeness (QED) is 0.869. The smallest absolute Gasteiger partial charge is 0.0567 e. The van der Waals surface area contributed by atoms with Gasteiger partial charge in [-0.1, -0.05) is 28.1 Å². The summed E-state index contributed by atoms with van der Waals surface area (Å²) in [6.07, 6.45) is -2.25. The summed E-state index contributed by atoms with van der Waals surface area (Å²) < 4.78 is 39.5. The van der Waals surface area contributed by atoms with E-state index in [2.05, 4.69) is 15.9 Å². The van der Waals surface area contributed by atoms with Gasteiger partial charge in [-0.15, -0.1) is 0 Å². The van der Waals surface area contributed by atoms with E-state index in [0.29, 0.717) is 5.56 Å². The van der Waals surface area contributed by atoms with E-state index in [4.69, 9.17) is 12.6 Å². The van der Waals surface area contributed by atoms with Crippen LogP contribution in [0.25, 0.3) is 0 Å². The van der Waals surface area contributed by atoms with Crippen molar-refractivity contribution in [2.45, 2.75) is 11.8 Å². The molecule has 2 atom stereocenters. The van der Waals surface area contributed by atoms with Gasteiger partial charge < -0.3 is 10.8 Å². The minimum Gasteiger partial charge on any atom is -0.396 e. The normalized spacial score (nSPS) is 45.5. The van der Waals surface area contributed by atoms with Crippen LogP contribution in [0.3, 0.4) is 0 Å². The van der Waals surface area contributed by atoms with Crippen LogP contribution in [0.4, 0.5) is 0 Å². The predicted octanol–water partition coefficient (Wildman–Crippen LogP) is 1.66. The van der Waals surface area contributed by atoms with E-state index in [1.807, 2.05) is 0 Å². The van der Waals surface area contributed by atoms with Gasteiger partial charge in [-0.2, -0.15) is 0 Å². The molecule has 0 saturated heterocycles. The lowest BCUT2D eigenvalue weighted by Crippen LogP contribution is -2.23. The fourth-order valence-electron chi connectivity index (χ4n) is 1.53. The van der Waals surface area contributed by atoms with E-state index < -0.39 is 24.2 Å². The number of benzene rings is 1. The van der Waals surface area contributed by atoms with Gasteiger partial charge in [0.05, 0.1) is 2.74 Å². The molecular weight excluding hydrogens is 242 g/mol. The Hall–Kier alpha value is -0.380. The summed E-state index contributed by atoms with van der Waals surface area (Å²) in [4.78, 5) is 0. The van der Waals surface area contributed by atoms with Gasteiger partial charge in [-0.05, 0) is 30.0 Å². The van der Waals surface area contributed by atoms with Gasteiger partial charge in [0.25, 0.3) is 0 Å². The highest BCUT2D eigenvalue weighted by molar-refractivity contribution is 9.10. The lowest BCUT2D eigenvalue weighted by Gasteiger charge is -2.14. The molecule has 1 aromatic rings. The van der Waals surface area contributed by atoms with Crippen LogP contribution in [0.1, 0.15) is 18.8 Å². The summed E-state index contributed by atoms with van der Waals surface area (Å²) in [5.41, 5.74) is 4.49. The number of hydrogen-bond donors (Lipinski definition) is 2. The first kappa shape index (κ1) is 5.64. The third-order valence-corrected chi connectivity index (χ3v) is 2.99. The van der Waals surface area contributed by atoms with Crippen LogP contribution < -0.4 is 5.73 Å². The van der Waals surface area contributed by atoms with Crippen LogP contribution in [0.15, 0.2) is 28.7 Å². The van der Waals surface area contributed by atoms with Gasteiger partial charge in [-0.25, -0.2) is 0 Å². The average molecular weight is 261 g/mol. The molecule has 1 fully saturated rings. The van der Waals surface area contributed by atoms with Crippen molar-refractivity contribution < 1.29 is 12.0 Å². The zero-order chi connectivity index (χ0) is 14.7. The van der Waals surface area contributed by atoms with E-state index in [1.54, 1.807) is 24.3 Å². The first-order valence-corrected chi connectivity index (χ1v) is 5.04. The Balaban J connectivity index is 2.60. The summed E-state index contributed by atoms with van der Waals surface area (Å²) in [5.74, 6) is -2.32. The Bertz CT molecular complexity index is 503. The SMILES string of the molecule is [2H]C([2H])(O)[C@]1([2H])C([2H])([2H])[C@@]1(CN)c1ccc(Br)cc1. The molecule has 76 valence electrons. The molecule has 14 heavy (non-hydrogen) atoms. The molecule has 0 aromatic heterocycles. The molecule has 0 radical (unpaired) electrons. The molecule has 2 rings (SSSR count). The molecule has 0 aliphatic heterocycles. The van der Waals surface area contributed by atoms with Crippen LogP contribution in [0, 0.1) is 5.89 Å². The zero-order valence-electron chi connectivity index (χ0n) is 12.4. The molecule has 0 unspecified atom stereocenters. The minimum atomic E-state index is -2.98. The lowest BCUT2D eigenvalue weighted by atomic mass is 9.93. The first-order valence-electron chi connectivity index (χ1n) is 6.75. The second-order valence-corrected chi connectivity index (χ2v) is 4.14. The summed E-state index contributed by atoms with van der Waals surface area (Å²) in [7, 11) is 0. The van der Waals surface area contributed by atoms with Gasteiger partial charge in [0.15, 0.2) is 0 Å². The van der Waals surface area contributed by atoms with Crippen molar-refractivity contribution in [3.05, 3.63) is 34.3 Å².